The molecule has 1 N–H and O–H groups in total. The number of aryl methyl sites for hydroxylation is 1. The molecule has 146 valence electrons. The van der Waals surface area contributed by atoms with Crippen molar-refractivity contribution in [3.63, 3.8) is 0 Å². The van der Waals surface area contributed by atoms with Gasteiger partial charge in [0, 0.05) is 25.3 Å². The fraction of sp³-hybridized carbons (Fsp3) is 0.500. The van der Waals surface area contributed by atoms with E-state index in [0.717, 1.165) is 42.9 Å². The Morgan fingerprint density at radius 3 is 2.78 bits per heavy atom. The Labute approximate surface area is 164 Å². The lowest BCUT2D eigenvalue weighted by molar-refractivity contribution is 0.0166. The summed E-state index contributed by atoms with van der Waals surface area (Å²) in [6, 6.07) is 7.33. The zero-order valence-electron chi connectivity index (χ0n) is 15.8. The van der Waals surface area contributed by atoms with Crippen LogP contribution in [0, 0.1) is 13.8 Å². The first-order valence-electron chi connectivity index (χ1n) is 9.36. The van der Waals surface area contributed by atoms with Crippen LogP contribution >= 0.6 is 11.6 Å². The van der Waals surface area contributed by atoms with Crippen LogP contribution in [-0.4, -0.2) is 48.2 Å². The highest BCUT2D eigenvalue weighted by atomic mass is 35.5. The van der Waals surface area contributed by atoms with Gasteiger partial charge in [0.2, 0.25) is 0 Å². The lowest BCUT2D eigenvalue weighted by Gasteiger charge is -2.10. The van der Waals surface area contributed by atoms with Crippen LogP contribution in [0.4, 0.5) is 0 Å². The maximum Gasteiger partial charge on any atom is 0.251 e. The molecule has 1 saturated heterocycles. The van der Waals surface area contributed by atoms with Gasteiger partial charge in [-0.1, -0.05) is 11.6 Å². The minimum atomic E-state index is -0.0907. The van der Waals surface area contributed by atoms with Crippen molar-refractivity contribution in [3.05, 3.63) is 46.2 Å². The van der Waals surface area contributed by atoms with E-state index in [1.807, 2.05) is 26.0 Å². The molecule has 2 heterocycles. The lowest BCUT2D eigenvalue weighted by Crippen LogP contribution is -2.25. The van der Waals surface area contributed by atoms with Crippen LogP contribution in [0.3, 0.4) is 0 Å². The third kappa shape index (κ3) is 5.09. The molecule has 1 aromatic carbocycles. The molecule has 3 rings (SSSR count). The van der Waals surface area contributed by atoms with Crippen LogP contribution in [0.1, 0.15) is 41.0 Å². The molecule has 1 aliphatic heterocycles. The van der Waals surface area contributed by atoms with Gasteiger partial charge in [0.25, 0.3) is 5.91 Å². The van der Waals surface area contributed by atoms with E-state index in [-0.39, 0.29) is 12.0 Å². The van der Waals surface area contributed by atoms with Crippen LogP contribution in [0.25, 0.3) is 5.69 Å². The first kappa shape index (κ1) is 19.9. The van der Waals surface area contributed by atoms with Crippen molar-refractivity contribution < 1.29 is 14.3 Å². The normalized spacial score (nSPS) is 16.6. The van der Waals surface area contributed by atoms with Gasteiger partial charge < -0.3 is 14.8 Å². The van der Waals surface area contributed by atoms with Crippen molar-refractivity contribution in [1.82, 2.24) is 15.1 Å². The topological polar surface area (TPSA) is 65.4 Å². The second-order valence-electron chi connectivity index (χ2n) is 6.76. The molecule has 1 amide bonds. The minimum Gasteiger partial charge on any atom is -0.379 e. The van der Waals surface area contributed by atoms with Crippen molar-refractivity contribution in [2.75, 3.05) is 26.4 Å². The summed E-state index contributed by atoms with van der Waals surface area (Å²) >= 11 is 6.20. The van der Waals surface area contributed by atoms with Gasteiger partial charge in [0.05, 0.1) is 34.8 Å². The minimum absolute atomic E-state index is 0.0907. The lowest BCUT2D eigenvalue weighted by atomic mass is 10.2. The SMILES string of the molecule is Cc1nn(-c2ccc(C(=O)NCCCOCC3CCCO3)cc2)c(C)c1Cl. The zero-order valence-corrected chi connectivity index (χ0v) is 16.6. The van der Waals surface area contributed by atoms with Gasteiger partial charge in [-0.2, -0.15) is 5.10 Å². The van der Waals surface area contributed by atoms with Gasteiger partial charge in [0.1, 0.15) is 0 Å². The summed E-state index contributed by atoms with van der Waals surface area (Å²) in [5.74, 6) is -0.0907. The number of carbonyl (C=O) groups excluding carboxylic acids is 1. The largest absolute Gasteiger partial charge is 0.379 e. The maximum absolute atomic E-state index is 12.2. The quantitative estimate of drug-likeness (QED) is 0.700. The molecule has 1 unspecified atom stereocenters. The van der Waals surface area contributed by atoms with Gasteiger partial charge in [-0.25, -0.2) is 4.68 Å². The standard InChI is InChI=1S/C20H26ClN3O3/c1-14-19(21)15(2)24(23-14)17-8-6-16(7-9-17)20(25)22-10-4-11-26-13-18-5-3-12-27-18/h6-9,18H,3-5,10-13H2,1-2H3,(H,22,25). The summed E-state index contributed by atoms with van der Waals surface area (Å²) in [6.45, 7) is 6.49. The number of rotatable bonds is 8. The van der Waals surface area contributed by atoms with E-state index < -0.39 is 0 Å². The van der Waals surface area contributed by atoms with Crippen LogP contribution in [0.2, 0.25) is 5.02 Å². The van der Waals surface area contributed by atoms with Gasteiger partial charge in [-0.15, -0.1) is 0 Å². The van der Waals surface area contributed by atoms with Crippen molar-refractivity contribution in [2.45, 2.75) is 39.2 Å². The number of nitrogens with one attached hydrogen (secondary N) is 1. The number of nitrogens with zero attached hydrogens (tertiary/aromatic N) is 2. The second-order valence-corrected chi connectivity index (χ2v) is 7.14. The molecule has 0 saturated carbocycles. The van der Waals surface area contributed by atoms with E-state index in [1.54, 1.807) is 16.8 Å². The summed E-state index contributed by atoms with van der Waals surface area (Å²) in [7, 11) is 0. The van der Waals surface area contributed by atoms with Crippen molar-refractivity contribution in [1.29, 1.82) is 0 Å². The molecular formula is C20H26ClN3O3. The van der Waals surface area contributed by atoms with E-state index >= 15 is 0 Å². The van der Waals surface area contributed by atoms with E-state index in [9.17, 15) is 4.79 Å². The molecule has 0 bridgehead atoms. The Bertz CT molecular complexity index is 768. The van der Waals surface area contributed by atoms with Crippen LogP contribution in [0.5, 0.6) is 0 Å². The highest BCUT2D eigenvalue weighted by Gasteiger charge is 2.15. The van der Waals surface area contributed by atoms with E-state index in [4.69, 9.17) is 21.1 Å². The molecular weight excluding hydrogens is 366 g/mol. The van der Waals surface area contributed by atoms with Gasteiger partial charge in [-0.05, 0) is 57.4 Å². The number of amides is 1. The first-order valence-corrected chi connectivity index (χ1v) is 9.74. The smallest absolute Gasteiger partial charge is 0.251 e. The summed E-state index contributed by atoms with van der Waals surface area (Å²) in [6.07, 6.45) is 3.22. The highest BCUT2D eigenvalue weighted by Crippen LogP contribution is 2.22. The summed E-state index contributed by atoms with van der Waals surface area (Å²) in [4.78, 5) is 12.2. The van der Waals surface area contributed by atoms with E-state index in [0.29, 0.717) is 30.3 Å². The maximum atomic E-state index is 12.2. The van der Waals surface area contributed by atoms with Crippen LogP contribution < -0.4 is 5.32 Å². The van der Waals surface area contributed by atoms with E-state index in [1.165, 1.54) is 0 Å². The predicted molar refractivity (Wildman–Crippen MR) is 105 cm³/mol. The average molecular weight is 392 g/mol. The van der Waals surface area contributed by atoms with E-state index in [2.05, 4.69) is 10.4 Å². The average Bonchev–Trinajstić information content (AvgIpc) is 3.29. The summed E-state index contributed by atoms with van der Waals surface area (Å²) < 4.78 is 12.9. The molecule has 0 spiro atoms. The van der Waals surface area contributed by atoms with Crippen molar-refractivity contribution in [2.24, 2.45) is 0 Å². The van der Waals surface area contributed by atoms with Gasteiger partial charge in [-0.3, -0.25) is 4.79 Å². The number of hydrogen-bond acceptors (Lipinski definition) is 4. The molecule has 6 nitrogen and oxygen atoms in total. The third-order valence-corrected chi connectivity index (χ3v) is 5.20. The Morgan fingerprint density at radius 1 is 1.37 bits per heavy atom. The molecule has 0 radical (unpaired) electrons. The Hall–Kier alpha value is -1.89. The zero-order chi connectivity index (χ0) is 19.2. The molecule has 1 aromatic heterocycles. The summed E-state index contributed by atoms with van der Waals surface area (Å²) in [5.41, 5.74) is 3.17. The van der Waals surface area contributed by atoms with Crippen LogP contribution in [0.15, 0.2) is 24.3 Å². The molecule has 2 aromatic rings. The number of benzene rings is 1. The Morgan fingerprint density at radius 2 is 2.15 bits per heavy atom. The fourth-order valence-electron chi connectivity index (χ4n) is 3.10. The number of carbonyl (C=O) groups is 1. The number of aromatic nitrogens is 2. The first-order chi connectivity index (χ1) is 13.1. The van der Waals surface area contributed by atoms with Gasteiger partial charge in [0.15, 0.2) is 0 Å². The number of ether oxygens (including phenoxy) is 2. The molecule has 7 heteroatoms. The van der Waals surface area contributed by atoms with Crippen molar-refractivity contribution in [3.8, 4) is 5.69 Å². The van der Waals surface area contributed by atoms with Crippen LogP contribution in [-0.2, 0) is 9.47 Å². The van der Waals surface area contributed by atoms with Crippen molar-refractivity contribution >= 4 is 17.5 Å². The fourth-order valence-corrected chi connectivity index (χ4v) is 3.22. The molecule has 0 aliphatic carbocycles. The Kier molecular flexibility index (Phi) is 6.88. The monoisotopic (exact) mass is 391 g/mol. The molecule has 27 heavy (non-hydrogen) atoms. The second kappa shape index (κ2) is 9.35. The third-order valence-electron chi connectivity index (χ3n) is 4.66. The molecule has 1 fully saturated rings. The highest BCUT2D eigenvalue weighted by molar-refractivity contribution is 6.31. The Balaban J connectivity index is 1.42. The number of hydrogen-bond donors (Lipinski definition) is 1. The summed E-state index contributed by atoms with van der Waals surface area (Å²) in [5, 5.41) is 8.01. The molecule has 1 aliphatic rings. The predicted octanol–water partition coefficient (Wildman–Crippen LogP) is 3.46. The number of halogens is 1. The molecule has 1 atom stereocenters. The van der Waals surface area contributed by atoms with Gasteiger partial charge >= 0.3 is 0 Å².